The first-order chi connectivity index (χ1) is 17.9. The van der Waals surface area contributed by atoms with E-state index in [9.17, 15) is 14.0 Å². The predicted octanol–water partition coefficient (Wildman–Crippen LogP) is 4.15. The third-order valence-corrected chi connectivity index (χ3v) is 8.40. The van der Waals surface area contributed by atoms with E-state index in [1.807, 2.05) is 28.9 Å². The van der Waals surface area contributed by atoms with Crippen molar-refractivity contribution in [3.63, 3.8) is 0 Å². The molecule has 0 saturated carbocycles. The van der Waals surface area contributed by atoms with Crippen LogP contribution in [0.3, 0.4) is 0 Å². The van der Waals surface area contributed by atoms with E-state index in [2.05, 4.69) is 28.5 Å². The van der Waals surface area contributed by atoms with E-state index in [1.54, 1.807) is 30.6 Å². The highest BCUT2D eigenvalue weighted by atomic mass is 32.1. The van der Waals surface area contributed by atoms with Crippen LogP contribution in [0.5, 0.6) is 5.75 Å². The Bertz CT molecular complexity index is 1240. The Morgan fingerprint density at radius 1 is 1.00 bits per heavy atom. The summed E-state index contributed by atoms with van der Waals surface area (Å²) in [7, 11) is 1.66. The van der Waals surface area contributed by atoms with Crippen molar-refractivity contribution in [2.45, 2.75) is 31.8 Å². The van der Waals surface area contributed by atoms with Crippen molar-refractivity contribution in [3.8, 4) is 5.75 Å². The summed E-state index contributed by atoms with van der Waals surface area (Å²) < 4.78 is 18.5. The first kappa shape index (κ1) is 25.4. The van der Waals surface area contributed by atoms with Crippen molar-refractivity contribution >= 4 is 23.2 Å². The number of hydrogen-bond acceptors (Lipinski definition) is 5. The number of thiophene rings is 1. The van der Waals surface area contributed by atoms with Crippen LogP contribution in [0, 0.1) is 5.82 Å². The third kappa shape index (κ3) is 5.55. The molecule has 2 aromatic carbocycles. The molecule has 2 amide bonds. The van der Waals surface area contributed by atoms with Crippen molar-refractivity contribution in [3.05, 3.63) is 87.4 Å². The topological polar surface area (TPSA) is 53.1 Å². The molecule has 6 nitrogen and oxygen atoms in total. The Balaban J connectivity index is 1.24. The molecule has 0 radical (unpaired) electrons. The second-order valence-corrected chi connectivity index (χ2v) is 10.8. The molecule has 2 atom stereocenters. The van der Waals surface area contributed by atoms with Gasteiger partial charge >= 0.3 is 0 Å². The fourth-order valence-electron chi connectivity index (χ4n) is 5.42. The summed E-state index contributed by atoms with van der Waals surface area (Å²) in [6.07, 6.45) is 1.17. The Morgan fingerprint density at radius 2 is 1.76 bits per heavy atom. The Kier molecular flexibility index (Phi) is 7.58. The van der Waals surface area contributed by atoms with Crippen LogP contribution in [0.4, 0.5) is 4.39 Å². The van der Waals surface area contributed by atoms with Gasteiger partial charge in [-0.15, -0.1) is 11.3 Å². The third-order valence-electron chi connectivity index (χ3n) is 7.40. The molecule has 0 unspecified atom stereocenters. The lowest BCUT2D eigenvalue weighted by Crippen LogP contribution is -2.57. The number of carbonyl (C=O) groups is 2. The van der Waals surface area contributed by atoms with Gasteiger partial charge in [0, 0.05) is 37.1 Å². The molecule has 0 bridgehead atoms. The van der Waals surface area contributed by atoms with Gasteiger partial charge in [-0.1, -0.05) is 24.3 Å². The number of methoxy groups -OCH3 is 1. The van der Waals surface area contributed by atoms with Gasteiger partial charge in [-0.05, 0) is 65.7 Å². The Morgan fingerprint density at radius 3 is 2.46 bits per heavy atom. The lowest BCUT2D eigenvalue weighted by atomic mass is 9.93. The number of nitrogens with zero attached hydrogens (tertiary/aromatic N) is 3. The summed E-state index contributed by atoms with van der Waals surface area (Å²) in [5.41, 5.74) is 3.22. The summed E-state index contributed by atoms with van der Waals surface area (Å²) in [5, 5.41) is 2.14. The van der Waals surface area contributed by atoms with Gasteiger partial charge in [0.25, 0.3) is 0 Å². The van der Waals surface area contributed by atoms with Gasteiger partial charge in [0.05, 0.1) is 26.1 Å². The zero-order valence-electron chi connectivity index (χ0n) is 21.2. The molecule has 3 heterocycles. The maximum Gasteiger partial charge on any atom is 0.236 e. The molecule has 1 fully saturated rings. The first-order valence-electron chi connectivity index (χ1n) is 12.7. The smallest absolute Gasteiger partial charge is 0.236 e. The Labute approximate surface area is 221 Å². The van der Waals surface area contributed by atoms with Crippen molar-refractivity contribution < 1.29 is 18.7 Å². The van der Waals surface area contributed by atoms with Crippen LogP contribution in [0.25, 0.3) is 0 Å². The summed E-state index contributed by atoms with van der Waals surface area (Å²) in [4.78, 5) is 33.8. The molecule has 5 rings (SSSR count). The molecular weight excluding hydrogens is 489 g/mol. The number of amides is 2. The van der Waals surface area contributed by atoms with Crippen molar-refractivity contribution in [2.24, 2.45) is 0 Å². The summed E-state index contributed by atoms with van der Waals surface area (Å²) in [6, 6.07) is 16.3. The minimum Gasteiger partial charge on any atom is -0.497 e. The van der Waals surface area contributed by atoms with Crippen molar-refractivity contribution in [2.75, 3.05) is 39.8 Å². The van der Waals surface area contributed by atoms with Crippen LogP contribution >= 0.6 is 11.3 Å². The van der Waals surface area contributed by atoms with Gasteiger partial charge in [-0.3, -0.25) is 14.5 Å². The lowest BCUT2D eigenvalue weighted by molar-refractivity contribution is -0.143. The number of halogens is 1. The maximum absolute atomic E-state index is 13.5. The number of fused-ring (bicyclic) bond motifs is 1. The van der Waals surface area contributed by atoms with Gasteiger partial charge in [0.15, 0.2) is 0 Å². The van der Waals surface area contributed by atoms with Crippen LogP contribution in [-0.2, 0) is 22.4 Å². The van der Waals surface area contributed by atoms with E-state index < -0.39 is 0 Å². The monoisotopic (exact) mass is 521 g/mol. The number of piperazine rings is 1. The largest absolute Gasteiger partial charge is 0.497 e. The number of hydrogen-bond donors (Lipinski definition) is 0. The second kappa shape index (κ2) is 11.0. The molecule has 37 heavy (non-hydrogen) atoms. The van der Waals surface area contributed by atoms with Crippen LogP contribution in [0.2, 0.25) is 0 Å². The van der Waals surface area contributed by atoms with Gasteiger partial charge in [-0.25, -0.2) is 4.39 Å². The lowest BCUT2D eigenvalue weighted by Gasteiger charge is -2.42. The molecule has 3 aromatic rings. The molecule has 1 saturated heterocycles. The van der Waals surface area contributed by atoms with Gasteiger partial charge in [0.2, 0.25) is 11.8 Å². The molecule has 0 aliphatic carbocycles. The molecular formula is C29H32FN3O3S. The average molecular weight is 522 g/mol. The molecule has 2 aliphatic heterocycles. The molecule has 0 spiro atoms. The van der Waals surface area contributed by atoms with Crippen LogP contribution in [0.1, 0.15) is 34.5 Å². The summed E-state index contributed by atoms with van der Waals surface area (Å²) >= 11 is 1.78. The number of ether oxygens (including phenoxy) is 1. The SMILES string of the molecule is COc1ccc([C@H]2c3ccsc3CCN2CC(=O)N2CCN(C(=O)Cc3ccc(F)cc3)[C@H](C)C2)cc1. The van der Waals surface area contributed by atoms with Crippen molar-refractivity contribution in [1.82, 2.24) is 14.7 Å². The average Bonchev–Trinajstić information content (AvgIpc) is 3.39. The van der Waals surface area contributed by atoms with Gasteiger partial charge in [-0.2, -0.15) is 0 Å². The van der Waals surface area contributed by atoms with Crippen LogP contribution in [-0.4, -0.2) is 72.4 Å². The fraction of sp³-hybridized carbons (Fsp3) is 0.379. The van der Waals surface area contributed by atoms with Crippen LogP contribution < -0.4 is 4.74 Å². The van der Waals surface area contributed by atoms with E-state index in [-0.39, 0.29) is 36.1 Å². The molecule has 194 valence electrons. The maximum atomic E-state index is 13.5. The normalized spacial score (nSPS) is 20.0. The van der Waals surface area contributed by atoms with E-state index in [1.165, 1.54) is 22.6 Å². The molecule has 2 aliphatic rings. The first-order valence-corrected chi connectivity index (χ1v) is 13.6. The highest BCUT2D eigenvalue weighted by Gasteiger charge is 2.34. The zero-order chi connectivity index (χ0) is 25.9. The van der Waals surface area contributed by atoms with E-state index >= 15 is 0 Å². The number of rotatable bonds is 6. The summed E-state index contributed by atoms with van der Waals surface area (Å²) in [6.45, 7) is 4.68. The van der Waals surface area contributed by atoms with Crippen molar-refractivity contribution in [1.29, 1.82) is 0 Å². The fourth-order valence-corrected chi connectivity index (χ4v) is 6.33. The molecule has 0 N–H and O–H groups in total. The Hall–Kier alpha value is -3.23. The minimum absolute atomic E-state index is 0.00629. The highest BCUT2D eigenvalue weighted by molar-refractivity contribution is 7.10. The molecule has 8 heteroatoms. The minimum atomic E-state index is -0.310. The number of carbonyl (C=O) groups excluding carboxylic acids is 2. The number of benzene rings is 2. The predicted molar refractivity (Wildman–Crippen MR) is 142 cm³/mol. The van der Waals surface area contributed by atoms with Gasteiger partial charge < -0.3 is 14.5 Å². The van der Waals surface area contributed by atoms with E-state index in [0.717, 1.165) is 29.8 Å². The quantitative estimate of drug-likeness (QED) is 0.489. The van der Waals surface area contributed by atoms with E-state index in [4.69, 9.17) is 4.74 Å². The standard InChI is InChI=1S/C29H32FN3O3S/c1-20-18-31(14-15-33(20)27(34)17-21-3-7-23(30)8-4-21)28(35)19-32-13-11-26-25(12-16-37-26)29(32)22-5-9-24(36-2)10-6-22/h3-10,12,16,20,29H,11,13-15,17-19H2,1-2H3/t20-,29+/m1/s1. The highest BCUT2D eigenvalue weighted by Crippen LogP contribution is 2.38. The van der Waals surface area contributed by atoms with Gasteiger partial charge in [0.1, 0.15) is 11.6 Å². The summed E-state index contributed by atoms with van der Waals surface area (Å²) in [5.74, 6) is 0.602. The zero-order valence-corrected chi connectivity index (χ0v) is 22.0. The second-order valence-electron chi connectivity index (χ2n) is 9.77. The van der Waals surface area contributed by atoms with E-state index in [0.29, 0.717) is 26.2 Å². The molecule has 1 aromatic heterocycles. The van der Waals surface area contributed by atoms with Crippen LogP contribution in [0.15, 0.2) is 60.0 Å².